The molecule has 0 unspecified atom stereocenters. The summed E-state index contributed by atoms with van der Waals surface area (Å²) >= 11 is 0. The first-order valence-corrected chi connectivity index (χ1v) is 4.87. The topological polar surface area (TPSA) is 161 Å². The third-order valence-electron chi connectivity index (χ3n) is 2.00. The second kappa shape index (κ2) is 7.51. The molecule has 10 heteroatoms. The average molecular weight is 291 g/mol. The van der Waals surface area contributed by atoms with Crippen molar-refractivity contribution in [3.8, 4) is 0 Å². The lowest BCUT2D eigenvalue weighted by Gasteiger charge is -2.15. The van der Waals surface area contributed by atoms with Gasteiger partial charge in [-0.15, -0.1) is 0 Å². The van der Waals surface area contributed by atoms with Gasteiger partial charge in [-0.3, -0.25) is 0 Å². The standard InChI is InChI=1S/C8H8FNO4.C2H2O4/c9-2-6-5(8(13)14)1-4(3-10-6)7(11)12;3-1(4)2(5)6/h3,10H,1-2H2,(H,11,12)(H,13,14);(H,3,4)(H,5,6). The van der Waals surface area contributed by atoms with E-state index >= 15 is 0 Å². The van der Waals surface area contributed by atoms with Crippen LogP contribution < -0.4 is 5.32 Å². The van der Waals surface area contributed by atoms with Crippen LogP contribution >= 0.6 is 0 Å². The average Bonchev–Trinajstić information content (AvgIpc) is 2.38. The second-order valence-electron chi connectivity index (χ2n) is 3.30. The summed E-state index contributed by atoms with van der Waals surface area (Å²) in [6.07, 6.45) is 0.834. The minimum Gasteiger partial charge on any atom is -0.478 e. The van der Waals surface area contributed by atoms with E-state index in [4.69, 9.17) is 30.0 Å². The summed E-state index contributed by atoms with van der Waals surface area (Å²) in [5.74, 6) is -6.17. The van der Waals surface area contributed by atoms with E-state index in [2.05, 4.69) is 5.32 Å². The molecule has 0 aromatic carbocycles. The Bertz CT molecular complexity index is 495. The Kier molecular flexibility index (Phi) is 6.42. The van der Waals surface area contributed by atoms with Crippen molar-refractivity contribution in [2.45, 2.75) is 6.42 Å². The normalized spacial score (nSPS) is 13.3. The highest BCUT2D eigenvalue weighted by Crippen LogP contribution is 2.19. The second-order valence-corrected chi connectivity index (χ2v) is 3.30. The van der Waals surface area contributed by atoms with Crippen LogP contribution in [0.1, 0.15) is 6.42 Å². The van der Waals surface area contributed by atoms with Crippen molar-refractivity contribution in [3.63, 3.8) is 0 Å². The van der Waals surface area contributed by atoms with E-state index in [9.17, 15) is 14.0 Å². The molecule has 0 bridgehead atoms. The van der Waals surface area contributed by atoms with Crippen molar-refractivity contribution in [1.29, 1.82) is 0 Å². The zero-order valence-corrected chi connectivity index (χ0v) is 9.79. The van der Waals surface area contributed by atoms with E-state index in [0.29, 0.717) is 0 Å². The summed E-state index contributed by atoms with van der Waals surface area (Å²) in [5.41, 5.74) is -0.436. The van der Waals surface area contributed by atoms with Crippen LogP contribution in [0.3, 0.4) is 0 Å². The quantitative estimate of drug-likeness (QED) is 0.428. The molecule has 0 aliphatic carbocycles. The fourth-order valence-electron chi connectivity index (χ4n) is 1.07. The van der Waals surface area contributed by atoms with Crippen LogP contribution in [0, 0.1) is 0 Å². The third-order valence-corrected chi connectivity index (χ3v) is 2.00. The summed E-state index contributed by atoms with van der Waals surface area (Å²) in [7, 11) is 0. The van der Waals surface area contributed by atoms with Gasteiger partial charge in [0.25, 0.3) is 0 Å². The Morgan fingerprint density at radius 3 is 1.85 bits per heavy atom. The van der Waals surface area contributed by atoms with Crippen molar-refractivity contribution in [2.75, 3.05) is 6.67 Å². The molecule has 0 radical (unpaired) electrons. The number of carbonyl (C=O) groups is 4. The van der Waals surface area contributed by atoms with Gasteiger partial charge in [0.2, 0.25) is 0 Å². The number of carboxylic acids is 4. The van der Waals surface area contributed by atoms with Crippen LogP contribution in [0.15, 0.2) is 23.0 Å². The Labute approximate surface area is 110 Å². The van der Waals surface area contributed by atoms with Crippen LogP contribution in [-0.2, 0) is 19.2 Å². The number of dihydropyridines is 1. The minimum absolute atomic E-state index is 0.0949. The number of nitrogens with one attached hydrogen (secondary N) is 1. The van der Waals surface area contributed by atoms with Crippen molar-refractivity contribution >= 4 is 23.9 Å². The molecule has 1 aliphatic rings. The molecule has 0 fully saturated rings. The Morgan fingerprint density at radius 2 is 1.55 bits per heavy atom. The third kappa shape index (κ3) is 5.16. The predicted molar refractivity (Wildman–Crippen MR) is 59.4 cm³/mol. The highest BCUT2D eigenvalue weighted by atomic mass is 19.1. The number of alkyl halides is 1. The molecule has 20 heavy (non-hydrogen) atoms. The Hall–Kier alpha value is -2.91. The molecule has 0 aromatic rings. The van der Waals surface area contributed by atoms with E-state index < -0.39 is 30.6 Å². The number of hydrogen-bond donors (Lipinski definition) is 5. The fourth-order valence-corrected chi connectivity index (χ4v) is 1.07. The molecule has 1 heterocycles. The van der Waals surface area contributed by atoms with E-state index in [0.717, 1.165) is 6.20 Å². The maximum absolute atomic E-state index is 12.3. The van der Waals surface area contributed by atoms with E-state index in [1.54, 1.807) is 0 Å². The van der Waals surface area contributed by atoms with Crippen LogP contribution in [0.5, 0.6) is 0 Å². The van der Waals surface area contributed by atoms with Gasteiger partial charge in [0.1, 0.15) is 6.67 Å². The predicted octanol–water partition coefficient (Wildman–Crippen LogP) is -0.588. The van der Waals surface area contributed by atoms with Gasteiger partial charge in [0, 0.05) is 12.6 Å². The monoisotopic (exact) mass is 291 g/mol. The number of halogens is 1. The molecule has 0 spiro atoms. The number of rotatable bonds is 3. The summed E-state index contributed by atoms with van der Waals surface area (Å²) in [6, 6.07) is 0. The molecule has 0 saturated heterocycles. The molecule has 5 N–H and O–H groups in total. The minimum atomic E-state index is -1.82. The van der Waals surface area contributed by atoms with E-state index in [1.807, 2.05) is 0 Å². The van der Waals surface area contributed by atoms with Gasteiger partial charge in [-0.25, -0.2) is 23.6 Å². The van der Waals surface area contributed by atoms with Crippen molar-refractivity contribution < 1.29 is 44.0 Å². The maximum atomic E-state index is 12.3. The van der Waals surface area contributed by atoms with Crippen molar-refractivity contribution in [2.24, 2.45) is 0 Å². The summed E-state index contributed by atoms with van der Waals surface area (Å²) in [5, 5.41) is 34.3. The first-order chi connectivity index (χ1) is 9.20. The summed E-state index contributed by atoms with van der Waals surface area (Å²) in [4.78, 5) is 39.3. The van der Waals surface area contributed by atoms with Crippen molar-refractivity contribution in [1.82, 2.24) is 5.32 Å². The number of hydrogen-bond acceptors (Lipinski definition) is 5. The zero-order valence-electron chi connectivity index (χ0n) is 9.79. The summed E-state index contributed by atoms with van der Waals surface area (Å²) in [6.45, 7) is -0.953. The highest BCUT2D eigenvalue weighted by molar-refractivity contribution is 6.27. The van der Waals surface area contributed by atoms with Gasteiger partial charge >= 0.3 is 23.9 Å². The number of aliphatic carboxylic acids is 4. The van der Waals surface area contributed by atoms with Crippen LogP contribution in [0.4, 0.5) is 4.39 Å². The highest BCUT2D eigenvalue weighted by Gasteiger charge is 2.22. The maximum Gasteiger partial charge on any atom is 0.414 e. The molecular weight excluding hydrogens is 281 g/mol. The molecule has 0 aromatic heterocycles. The molecule has 0 amide bonds. The van der Waals surface area contributed by atoms with Gasteiger partial charge < -0.3 is 25.7 Å². The summed E-state index contributed by atoms with van der Waals surface area (Å²) < 4.78 is 12.3. The first-order valence-electron chi connectivity index (χ1n) is 4.87. The Morgan fingerprint density at radius 1 is 1.05 bits per heavy atom. The Balaban J connectivity index is 0.000000511. The molecule has 9 nitrogen and oxygen atoms in total. The fraction of sp³-hybridized carbons (Fsp3) is 0.200. The lowest BCUT2D eigenvalue weighted by atomic mass is 10.0. The molecule has 110 valence electrons. The molecule has 0 atom stereocenters. The molecule has 1 aliphatic heterocycles. The molecule has 0 saturated carbocycles. The van der Waals surface area contributed by atoms with Crippen LogP contribution in [0.2, 0.25) is 0 Å². The molecule has 1 rings (SSSR count). The van der Waals surface area contributed by atoms with Gasteiger partial charge in [0.15, 0.2) is 0 Å². The number of allylic oxidation sites excluding steroid dienone is 1. The van der Waals surface area contributed by atoms with Crippen LogP contribution in [-0.4, -0.2) is 51.0 Å². The SMILES string of the molecule is O=C(O)C(=O)O.O=C(O)C1=CNC(CF)=C(C(=O)O)C1. The van der Waals surface area contributed by atoms with E-state index in [1.165, 1.54) is 0 Å². The first kappa shape index (κ1) is 17.1. The molecular formula is C10H10FNO8. The van der Waals surface area contributed by atoms with Gasteiger partial charge in [-0.2, -0.15) is 0 Å². The van der Waals surface area contributed by atoms with E-state index in [-0.39, 0.29) is 23.3 Å². The van der Waals surface area contributed by atoms with Crippen molar-refractivity contribution in [3.05, 3.63) is 23.0 Å². The zero-order chi connectivity index (χ0) is 15.9. The lowest BCUT2D eigenvalue weighted by molar-refractivity contribution is -0.159. The van der Waals surface area contributed by atoms with Gasteiger partial charge in [0.05, 0.1) is 16.8 Å². The van der Waals surface area contributed by atoms with Gasteiger partial charge in [-0.1, -0.05) is 0 Å². The van der Waals surface area contributed by atoms with Crippen LogP contribution in [0.25, 0.3) is 0 Å². The van der Waals surface area contributed by atoms with Gasteiger partial charge in [-0.05, 0) is 0 Å². The lowest BCUT2D eigenvalue weighted by Crippen LogP contribution is -2.23. The number of carboxylic acid groups (broad SMARTS) is 4. The largest absolute Gasteiger partial charge is 0.478 e. The smallest absolute Gasteiger partial charge is 0.414 e.